The first-order valence-electron chi connectivity index (χ1n) is 10.1. The number of carbonyl (C=O) groups excluding carboxylic acids is 1. The number of amides is 1. The van der Waals surface area contributed by atoms with Crippen LogP contribution >= 0.6 is 11.8 Å². The second-order valence-electron chi connectivity index (χ2n) is 7.52. The Morgan fingerprint density at radius 2 is 2.00 bits per heavy atom. The molecule has 1 saturated heterocycles. The van der Waals surface area contributed by atoms with Crippen molar-refractivity contribution in [2.45, 2.75) is 23.9 Å². The molecular weight excluding hydrogens is 415 g/mol. The van der Waals surface area contributed by atoms with Crippen molar-refractivity contribution in [1.82, 2.24) is 29.0 Å². The van der Waals surface area contributed by atoms with Crippen molar-refractivity contribution < 1.29 is 9.18 Å². The van der Waals surface area contributed by atoms with Crippen LogP contribution in [0.5, 0.6) is 0 Å². The number of rotatable bonds is 4. The first-order valence-corrected chi connectivity index (χ1v) is 11.3. The van der Waals surface area contributed by atoms with E-state index in [1.807, 2.05) is 40.0 Å². The first kappa shape index (κ1) is 19.7. The van der Waals surface area contributed by atoms with Gasteiger partial charge < -0.3 is 4.90 Å². The van der Waals surface area contributed by atoms with E-state index in [4.69, 9.17) is 0 Å². The maximum atomic E-state index is 13.5. The minimum absolute atomic E-state index is 0.0874. The van der Waals surface area contributed by atoms with Gasteiger partial charge in [0.2, 0.25) is 0 Å². The number of thioether (sulfide) groups is 1. The van der Waals surface area contributed by atoms with Crippen LogP contribution in [0.25, 0.3) is 11.3 Å². The Kier molecular flexibility index (Phi) is 5.19. The lowest BCUT2D eigenvalue weighted by Crippen LogP contribution is -2.40. The SMILES string of the molecule is CSc1ncc(C(=O)N2CCCC(c3nnc4ccccn34)C2)n1-c1ccc(F)cc1. The van der Waals surface area contributed by atoms with Crippen molar-refractivity contribution in [3.63, 3.8) is 0 Å². The Bertz CT molecular complexity index is 1230. The fraction of sp³-hybridized carbons (Fsp3) is 0.273. The van der Waals surface area contributed by atoms with Gasteiger partial charge >= 0.3 is 0 Å². The first-order chi connectivity index (χ1) is 15.2. The van der Waals surface area contributed by atoms with E-state index in [2.05, 4.69) is 15.2 Å². The van der Waals surface area contributed by atoms with E-state index in [0.717, 1.165) is 24.3 Å². The zero-order valence-electron chi connectivity index (χ0n) is 17.0. The third-order valence-corrected chi connectivity index (χ3v) is 6.28. The number of likely N-dealkylation sites (tertiary alicyclic amines) is 1. The number of aromatic nitrogens is 5. The standard InChI is InChI=1S/C22H21FN6OS/c1-31-22-24-13-18(29(22)17-9-7-16(23)8-10-17)21(30)27-11-4-5-15(14-27)20-26-25-19-6-2-3-12-28(19)20/h2-3,6-10,12-13,15H,4-5,11,14H2,1H3. The molecule has 1 unspecified atom stereocenters. The Labute approximate surface area is 182 Å². The normalized spacial score (nSPS) is 16.7. The number of imidazole rings is 1. The predicted octanol–water partition coefficient (Wildman–Crippen LogP) is 3.80. The minimum Gasteiger partial charge on any atom is -0.337 e. The number of hydrogen-bond acceptors (Lipinski definition) is 5. The lowest BCUT2D eigenvalue weighted by molar-refractivity contribution is 0.0695. The molecule has 1 aliphatic heterocycles. The van der Waals surface area contributed by atoms with Gasteiger partial charge in [0.1, 0.15) is 17.3 Å². The van der Waals surface area contributed by atoms with Crippen LogP contribution in [0, 0.1) is 5.82 Å². The molecule has 1 fully saturated rings. The maximum absolute atomic E-state index is 13.5. The maximum Gasteiger partial charge on any atom is 0.272 e. The molecule has 4 heterocycles. The third-order valence-electron chi connectivity index (χ3n) is 5.63. The van der Waals surface area contributed by atoms with Gasteiger partial charge in [-0.05, 0) is 55.5 Å². The molecule has 31 heavy (non-hydrogen) atoms. The molecule has 1 atom stereocenters. The molecule has 3 aromatic heterocycles. The van der Waals surface area contributed by atoms with E-state index < -0.39 is 0 Å². The highest BCUT2D eigenvalue weighted by atomic mass is 32.2. The number of pyridine rings is 1. The lowest BCUT2D eigenvalue weighted by atomic mass is 9.97. The van der Waals surface area contributed by atoms with Crippen LogP contribution in [-0.2, 0) is 0 Å². The molecule has 0 radical (unpaired) electrons. The highest BCUT2D eigenvalue weighted by molar-refractivity contribution is 7.98. The molecule has 1 aliphatic rings. The van der Waals surface area contributed by atoms with E-state index in [0.29, 0.717) is 29.6 Å². The Hall–Kier alpha value is -3.20. The van der Waals surface area contributed by atoms with E-state index in [-0.39, 0.29) is 17.6 Å². The van der Waals surface area contributed by atoms with Gasteiger partial charge in [-0.15, -0.1) is 10.2 Å². The summed E-state index contributed by atoms with van der Waals surface area (Å²) in [5, 5.41) is 9.34. The van der Waals surface area contributed by atoms with Gasteiger partial charge in [0.25, 0.3) is 5.91 Å². The van der Waals surface area contributed by atoms with Crippen LogP contribution in [0.2, 0.25) is 0 Å². The zero-order chi connectivity index (χ0) is 21.4. The second kappa shape index (κ2) is 8.14. The van der Waals surface area contributed by atoms with Gasteiger partial charge in [-0.25, -0.2) is 9.37 Å². The van der Waals surface area contributed by atoms with Crippen molar-refractivity contribution >= 4 is 23.3 Å². The number of benzene rings is 1. The fourth-order valence-electron chi connectivity index (χ4n) is 4.14. The van der Waals surface area contributed by atoms with Crippen LogP contribution < -0.4 is 0 Å². The molecule has 0 saturated carbocycles. The van der Waals surface area contributed by atoms with Gasteiger partial charge in [-0.1, -0.05) is 17.8 Å². The topological polar surface area (TPSA) is 68.3 Å². The highest BCUT2D eigenvalue weighted by Gasteiger charge is 2.30. The second-order valence-corrected chi connectivity index (χ2v) is 8.29. The number of nitrogens with zero attached hydrogens (tertiary/aromatic N) is 6. The van der Waals surface area contributed by atoms with Crippen LogP contribution in [0.4, 0.5) is 4.39 Å². The van der Waals surface area contributed by atoms with Crippen molar-refractivity contribution in [1.29, 1.82) is 0 Å². The summed E-state index contributed by atoms with van der Waals surface area (Å²) >= 11 is 1.45. The van der Waals surface area contributed by atoms with Gasteiger partial charge in [0, 0.05) is 30.9 Å². The molecular formula is C22H21FN6OS. The molecule has 0 spiro atoms. The average molecular weight is 437 g/mol. The average Bonchev–Trinajstić information content (AvgIpc) is 3.43. The van der Waals surface area contributed by atoms with Crippen LogP contribution in [0.3, 0.4) is 0 Å². The van der Waals surface area contributed by atoms with Gasteiger partial charge in [-0.2, -0.15) is 0 Å². The Balaban J connectivity index is 1.45. The lowest BCUT2D eigenvalue weighted by Gasteiger charge is -2.32. The predicted molar refractivity (Wildman–Crippen MR) is 116 cm³/mol. The number of halogens is 1. The summed E-state index contributed by atoms with van der Waals surface area (Å²) < 4.78 is 17.2. The molecule has 9 heteroatoms. The minimum atomic E-state index is -0.318. The monoisotopic (exact) mass is 436 g/mol. The van der Waals surface area contributed by atoms with Crippen molar-refractivity contribution in [2.75, 3.05) is 19.3 Å². The zero-order valence-corrected chi connectivity index (χ0v) is 17.8. The van der Waals surface area contributed by atoms with Crippen LogP contribution in [0.15, 0.2) is 60.0 Å². The van der Waals surface area contributed by atoms with Gasteiger partial charge in [0.15, 0.2) is 10.8 Å². The van der Waals surface area contributed by atoms with E-state index >= 15 is 0 Å². The molecule has 0 bridgehead atoms. The quantitative estimate of drug-likeness (QED) is 0.455. The molecule has 0 N–H and O–H groups in total. The van der Waals surface area contributed by atoms with Crippen molar-refractivity contribution in [2.24, 2.45) is 0 Å². The van der Waals surface area contributed by atoms with Gasteiger partial charge in [0.05, 0.1) is 6.20 Å². The van der Waals surface area contributed by atoms with Crippen molar-refractivity contribution in [3.8, 4) is 5.69 Å². The van der Waals surface area contributed by atoms with E-state index in [9.17, 15) is 9.18 Å². The number of hydrogen-bond donors (Lipinski definition) is 0. The molecule has 5 rings (SSSR count). The number of fused-ring (bicyclic) bond motifs is 1. The molecule has 7 nitrogen and oxygen atoms in total. The summed E-state index contributed by atoms with van der Waals surface area (Å²) in [6.07, 6.45) is 7.31. The number of piperidine rings is 1. The molecule has 1 aromatic carbocycles. The molecule has 158 valence electrons. The van der Waals surface area contributed by atoms with Crippen LogP contribution in [0.1, 0.15) is 35.1 Å². The highest BCUT2D eigenvalue weighted by Crippen LogP contribution is 2.29. The fourth-order valence-corrected chi connectivity index (χ4v) is 4.69. The van der Waals surface area contributed by atoms with Crippen LogP contribution in [-0.4, -0.2) is 54.3 Å². The molecule has 4 aromatic rings. The van der Waals surface area contributed by atoms with Gasteiger partial charge in [-0.3, -0.25) is 13.8 Å². The summed E-state index contributed by atoms with van der Waals surface area (Å²) in [7, 11) is 0. The molecule has 0 aliphatic carbocycles. The Morgan fingerprint density at radius 1 is 1.16 bits per heavy atom. The smallest absolute Gasteiger partial charge is 0.272 e. The summed E-state index contributed by atoms with van der Waals surface area (Å²) in [5.41, 5.74) is 1.99. The Morgan fingerprint density at radius 3 is 2.81 bits per heavy atom. The summed E-state index contributed by atoms with van der Waals surface area (Å²) in [6, 6.07) is 11.9. The largest absolute Gasteiger partial charge is 0.337 e. The van der Waals surface area contributed by atoms with Crippen molar-refractivity contribution in [3.05, 3.63) is 72.2 Å². The number of carbonyl (C=O) groups is 1. The summed E-state index contributed by atoms with van der Waals surface area (Å²) in [4.78, 5) is 19.8. The van der Waals surface area contributed by atoms with E-state index in [1.54, 1.807) is 22.9 Å². The summed E-state index contributed by atoms with van der Waals surface area (Å²) in [5.74, 6) is 0.583. The van der Waals surface area contributed by atoms with E-state index in [1.165, 1.54) is 23.9 Å². The molecule has 1 amide bonds. The summed E-state index contributed by atoms with van der Waals surface area (Å²) in [6.45, 7) is 1.24. The third kappa shape index (κ3) is 3.59.